The number of nitrogens with one attached hydrogen (secondary N) is 4. The van der Waals surface area contributed by atoms with Crippen molar-refractivity contribution in [3.8, 4) is 12.1 Å². The summed E-state index contributed by atoms with van der Waals surface area (Å²) in [7, 11) is 0. The molecule has 4 amide bonds. The van der Waals surface area contributed by atoms with Gasteiger partial charge in [-0.2, -0.15) is 20.7 Å². The zero-order chi connectivity index (χ0) is 31.1. The Kier molecular flexibility index (Phi) is 6.87. The first-order valence-corrected chi connectivity index (χ1v) is 13.5. The van der Waals surface area contributed by atoms with Crippen molar-refractivity contribution < 1.29 is 19.2 Å². The molecule has 2 aromatic rings. The first kappa shape index (κ1) is 27.9. The number of carbonyl (C=O) groups is 4. The third-order valence-corrected chi connectivity index (χ3v) is 8.01. The molecule has 4 atom stereocenters. The first-order valence-electron chi connectivity index (χ1n) is 13.5. The van der Waals surface area contributed by atoms with Crippen LogP contribution >= 0.6 is 0 Å². The molecule has 0 aromatic heterocycles. The molecular weight excluding hydrogens is 564 g/mol. The molecule has 4 aliphatic rings. The summed E-state index contributed by atoms with van der Waals surface area (Å²) < 4.78 is 0. The highest BCUT2D eigenvalue weighted by Crippen LogP contribution is 2.43. The SMILES string of the molecule is CC1=C(C=NNC(=O)C(=O)NN=CC2=C(C)C(C#N)C3Nc4ccccc4N3C2=O)C(=O)N2c3ccccc3NC2C1C#N. The molecule has 218 valence electrons. The number of fused-ring (bicyclic) bond motifs is 6. The third kappa shape index (κ3) is 4.33. The molecule has 0 saturated carbocycles. The first-order chi connectivity index (χ1) is 21.3. The van der Waals surface area contributed by atoms with Crippen molar-refractivity contribution in [3.63, 3.8) is 0 Å². The van der Waals surface area contributed by atoms with Crippen LogP contribution in [0.5, 0.6) is 0 Å². The fourth-order valence-electron chi connectivity index (χ4n) is 5.76. The van der Waals surface area contributed by atoms with Crippen LogP contribution in [0.4, 0.5) is 22.7 Å². The normalized spacial score (nSPS) is 23.4. The molecule has 0 bridgehead atoms. The number of benzene rings is 2. The topological polar surface area (TPSA) is 195 Å². The van der Waals surface area contributed by atoms with E-state index in [0.717, 1.165) is 12.4 Å². The zero-order valence-corrected chi connectivity index (χ0v) is 23.4. The molecule has 4 unspecified atom stereocenters. The summed E-state index contributed by atoms with van der Waals surface area (Å²) in [6.45, 7) is 3.27. The number of rotatable bonds is 4. The van der Waals surface area contributed by atoms with Crippen molar-refractivity contribution in [2.75, 3.05) is 20.4 Å². The maximum absolute atomic E-state index is 13.3. The van der Waals surface area contributed by atoms with Crippen molar-refractivity contribution in [3.05, 3.63) is 70.8 Å². The van der Waals surface area contributed by atoms with Gasteiger partial charge in [0.25, 0.3) is 11.8 Å². The zero-order valence-electron chi connectivity index (χ0n) is 23.4. The minimum absolute atomic E-state index is 0.103. The second-order valence-electron chi connectivity index (χ2n) is 10.4. The third-order valence-electron chi connectivity index (χ3n) is 8.01. The van der Waals surface area contributed by atoms with Crippen LogP contribution in [-0.2, 0) is 19.2 Å². The van der Waals surface area contributed by atoms with E-state index in [1.54, 1.807) is 38.1 Å². The molecule has 6 rings (SSSR count). The Morgan fingerprint density at radius 3 is 1.52 bits per heavy atom. The van der Waals surface area contributed by atoms with E-state index >= 15 is 0 Å². The Morgan fingerprint density at radius 1 is 0.750 bits per heavy atom. The lowest BCUT2D eigenvalue weighted by Gasteiger charge is -2.34. The van der Waals surface area contributed by atoms with E-state index in [2.05, 4.69) is 33.0 Å². The fraction of sp³-hybridized carbons (Fsp3) is 0.200. The summed E-state index contributed by atoms with van der Waals surface area (Å²) in [5.41, 5.74) is 7.89. The maximum Gasteiger partial charge on any atom is 0.331 e. The number of anilines is 4. The van der Waals surface area contributed by atoms with E-state index in [0.29, 0.717) is 33.9 Å². The Labute approximate surface area is 251 Å². The number of nitrogens with zero attached hydrogens (tertiary/aromatic N) is 6. The second kappa shape index (κ2) is 10.8. The average Bonchev–Trinajstić information content (AvgIpc) is 3.60. The van der Waals surface area contributed by atoms with Crippen LogP contribution in [0.15, 0.2) is 81.0 Å². The number of hydrogen-bond donors (Lipinski definition) is 4. The van der Waals surface area contributed by atoms with Crippen LogP contribution < -0.4 is 31.3 Å². The summed E-state index contributed by atoms with van der Waals surface area (Å²) in [6.07, 6.45) is 1.04. The fourth-order valence-corrected chi connectivity index (χ4v) is 5.76. The highest BCUT2D eigenvalue weighted by molar-refractivity contribution is 6.35. The predicted molar refractivity (Wildman–Crippen MR) is 160 cm³/mol. The van der Waals surface area contributed by atoms with Gasteiger partial charge in [-0.25, -0.2) is 10.9 Å². The lowest BCUT2D eigenvalue weighted by atomic mass is 9.89. The van der Waals surface area contributed by atoms with Crippen LogP contribution in [-0.4, -0.2) is 48.4 Å². The quantitative estimate of drug-likeness (QED) is 0.235. The molecule has 4 heterocycles. The molecule has 0 saturated heterocycles. The molecular formula is C30H24N10O4. The van der Waals surface area contributed by atoms with E-state index in [1.165, 1.54) is 9.80 Å². The van der Waals surface area contributed by atoms with Gasteiger partial charge in [-0.3, -0.25) is 29.0 Å². The van der Waals surface area contributed by atoms with Crippen molar-refractivity contribution in [2.45, 2.75) is 26.2 Å². The second-order valence-corrected chi connectivity index (χ2v) is 10.4. The van der Waals surface area contributed by atoms with Gasteiger partial charge in [0.2, 0.25) is 0 Å². The van der Waals surface area contributed by atoms with E-state index < -0.39 is 47.8 Å². The van der Waals surface area contributed by atoms with Gasteiger partial charge in [-0.15, -0.1) is 0 Å². The number of nitriles is 2. The van der Waals surface area contributed by atoms with Crippen LogP contribution in [0.3, 0.4) is 0 Å². The Balaban J connectivity index is 1.12. The van der Waals surface area contributed by atoms with Gasteiger partial charge < -0.3 is 10.6 Å². The van der Waals surface area contributed by atoms with Crippen molar-refractivity contribution in [2.24, 2.45) is 22.0 Å². The van der Waals surface area contributed by atoms with Crippen molar-refractivity contribution >= 4 is 58.8 Å². The van der Waals surface area contributed by atoms with Gasteiger partial charge in [-0.1, -0.05) is 24.3 Å². The molecule has 0 fully saturated rings. The minimum atomic E-state index is -1.18. The Hall–Kier alpha value is -6.28. The highest BCUT2D eigenvalue weighted by atomic mass is 16.2. The Bertz CT molecular complexity index is 1710. The maximum atomic E-state index is 13.3. The van der Waals surface area contributed by atoms with E-state index in [-0.39, 0.29) is 11.1 Å². The largest absolute Gasteiger partial charge is 0.362 e. The smallest absolute Gasteiger partial charge is 0.331 e. The van der Waals surface area contributed by atoms with Gasteiger partial charge in [0.05, 0.1) is 58.5 Å². The summed E-state index contributed by atoms with van der Waals surface area (Å²) in [5, 5.41) is 33.6. The van der Waals surface area contributed by atoms with Crippen LogP contribution in [0, 0.1) is 34.5 Å². The van der Waals surface area contributed by atoms with Crippen LogP contribution in [0.2, 0.25) is 0 Å². The van der Waals surface area contributed by atoms with Gasteiger partial charge in [0, 0.05) is 0 Å². The summed E-state index contributed by atoms with van der Waals surface area (Å²) in [5.74, 6) is -4.57. The van der Waals surface area contributed by atoms with Gasteiger partial charge in [0.15, 0.2) is 0 Å². The van der Waals surface area contributed by atoms with Crippen LogP contribution in [0.25, 0.3) is 0 Å². The highest BCUT2D eigenvalue weighted by Gasteiger charge is 2.46. The molecule has 4 aliphatic heterocycles. The minimum Gasteiger partial charge on any atom is -0.362 e. The molecule has 0 aliphatic carbocycles. The number of para-hydroxylation sites is 4. The summed E-state index contributed by atoms with van der Waals surface area (Å²) in [4.78, 5) is 54.4. The number of hydrogen-bond acceptors (Lipinski definition) is 10. The molecule has 0 radical (unpaired) electrons. The molecule has 4 N–H and O–H groups in total. The van der Waals surface area contributed by atoms with Gasteiger partial charge >= 0.3 is 11.8 Å². The lowest BCUT2D eigenvalue weighted by molar-refractivity contribution is -0.139. The molecule has 2 aromatic carbocycles. The Morgan fingerprint density at radius 2 is 1.14 bits per heavy atom. The lowest BCUT2D eigenvalue weighted by Crippen LogP contribution is -2.50. The van der Waals surface area contributed by atoms with Crippen LogP contribution in [0.1, 0.15) is 13.8 Å². The summed E-state index contributed by atoms with van der Waals surface area (Å²) >= 11 is 0. The van der Waals surface area contributed by atoms with Gasteiger partial charge in [0.1, 0.15) is 24.2 Å². The molecule has 14 heteroatoms. The molecule has 14 nitrogen and oxygen atoms in total. The predicted octanol–water partition coefficient (Wildman–Crippen LogP) is 1.70. The number of hydrazone groups is 2. The van der Waals surface area contributed by atoms with Gasteiger partial charge in [-0.05, 0) is 49.3 Å². The van der Waals surface area contributed by atoms with E-state index in [1.807, 2.05) is 35.1 Å². The average molecular weight is 589 g/mol. The van der Waals surface area contributed by atoms with E-state index in [9.17, 15) is 29.7 Å². The van der Waals surface area contributed by atoms with E-state index in [4.69, 9.17) is 0 Å². The van der Waals surface area contributed by atoms with Crippen molar-refractivity contribution in [1.29, 1.82) is 10.5 Å². The monoisotopic (exact) mass is 588 g/mol. The van der Waals surface area contributed by atoms with Crippen molar-refractivity contribution in [1.82, 2.24) is 10.9 Å². The number of amides is 4. The number of carbonyl (C=O) groups excluding carboxylic acids is 4. The molecule has 0 spiro atoms. The molecule has 44 heavy (non-hydrogen) atoms. The summed E-state index contributed by atoms with van der Waals surface area (Å²) in [6, 6.07) is 18.8. The standard InChI is InChI=1S/C30H24N10O4/c1-15-17(11-31)25-35-21-7-3-5-9-23(21)39(25)29(43)19(15)13-33-37-27(41)28(42)38-34-14-20-16(2)18(12-32)26-36-22-8-4-6-10-24(22)40(26)30(20)44/h3-10,13-14,17-18,25-26,35-36H,1-2H3,(H,37,41)(H,38,42).